The molecule has 1 amide bonds. The molecule has 2 atom stereocenters. The highest BCUT2D eigenvalue weighted by Crippen LogP contribution is 2.20. The van der Waals surface area contributed by atoms with Crippen molar-refractivity contribution < 1.29 is 13.9 Å². The third-order valence-corrected chi connectivity index (χ3v) is 2.63. The van der Waals surface area contributed by atoms with Crippen molar-refractivity contribution in [3.8, 4) is 0 Å². The van der Waals surface area contributed by atoms with Crippen molar-refractivity contribution in [3.05, 3.63) is 35.6 Å². The van der Waals surface area contributed by atoms with Crippen molar-refractivity contribution in [2.24, 2.45) is 0 Å². The van der Waals surface area contributed by atoms with Gasteiger partial charge in [0.25, 0.3) is 0 Å². The Morgan fingerprint density at radius 2 is 1.95 bits per heavy atom. The summed E-state index contributed by atoms with van der Waals surface area (Å²) in [5.74, 6) is -0.394. The van der Waals surface area contributed by atoms with E-state index in [0.717, 1.165) is 5.56 Å². The molecular formula is C13H20ClFN2O2. The van der Waals surface area contributed by atoms with E-state index in [1.807, 2.05) is 6.92 Å². The molecule has 4 nitrogen and oxygen atoms in total. The molecule has 1 aromatic rings. The Balaban J connectivity index is 0.00000324. The topological polar surface area (TPSA) is 50.4 Å². The van der Waals surface area contributed by atoms with Crippen LogP contribution in [0.5, 0.6) is 0 Å². The Morgan fingerprint density at radius 1 is 1.37 bits per heavy atom. The van der Waals surface area contributed by atoms with E-state index >= 15 is 0 Å². The van der Waals surface area contributed by atoms with E-state index < -0.39 is 0 Å². The van der Waals surface area contributed by atoms with Crippen molar-refractivity contribution in [3.63, 3.8) is 0 Å². The predicted octanol–water partition coefficient (Wildman–Crippen LogP) is 1.66. The van der Waals surface area contributed by atoms with E-state index in [-0.39, 0.29) is 42.8 Å². The molecule has 0 saturated heterocycles. The van der Waals surface area contributed by atoms with Crippen molar-refractivity contribution in [1.29, 1.82) is 0 Å². The summed E-state index contributed by atoms with van der Waals surface area (Å²) in [6.07, 6.45) is -0.300. The number of halogens is 2. The summed E-state index contributed by atoms with van der Waals surface area (Å²) < 4.78 is 18.2. The van der Waals surface area contributed by atoms with Crippen LogP contribution in [0.25, 0.3) is 0 Å². The molecule has 0 spiro atoms. The van der Waals surface area contributed by atoms with Gasteiger partial charge in [-0.25, -0.2) is 4.39 Å². The highest BCUT2D eigenvalue weighted by molar-refractivity contribution is 5.85. The smallest absolute Gasteiger partial charge is 0.234 e. The number of benzene rings is 1. The Morgan fingerprint density at radius 3 is 2.42 bits per heavy atom. The van der Waals surface area contributed by atoms with Crippen molar-refractivity contribution in [2.75, 3.05) is 20.7 Å². The lowest BCUT2D eigenvalue weighted by Gasteiger charge is -2.24. The van der Waals surface area contributed by atoms with E-state index in [1.165, 1.54) is 12.1 Å². The number of ether oxygens (including phenoxy) is 1. The second-order valence-corrected chi connectivity index (χ2v) is 4.09. The van der Waals surface area contributed by atoms with Crippen LogP contribution in [0, 0.1) is 5.82 Å². The largest absolute Gasteiger partial charge is 0.375 e. The van der Waals surface area contributed by atoms with Gasteiger partial charge >= 0.3 is 0 Å². The van der Waals surface area contributed by atoms with Gasteiger partial charge in [0.1, 0.15) is 11.9 Å². The van der Waals surface area contributed by atoms with Gasteiger partial charge in [-0.2, -0.15) is 0 Å². The van der Waals surface area contributed by atoms with Gasteiger partial charge in [0.05, 0.1) is 12.6 Å². The number of amides is 1. The van der Waals surface area contributed by atoms with Crippen LogP contribution >= 0.6 is 12.4 Å². The van der Waals surface area contributed by atoms with Gasteiger partial charge in [-0.1, -0.05) is 12.1 Å². The minimum Gasteiger partial charge on any atom is -0.375 e. The maximum Gasteiger partial charge on any atom is 0.234 e. The van der Waals surface area contributed by atoms with Crippen LogP contribution in [0.15, 0.2) is 24.3 Å². The van der Waals surface area contributed by atoms with Crippen molar-refractivity contribution in [1.82, 2.24) is 10.6 Å². The fraction of sp³-hybridized carbons (Fsp3) is 0.462. The van der Waals surface area contributed by atoms with Crippen molar-refractivity contribution in [2.45, 2.75) is 19.1 Å². The molecule has 6 heteroatoms. The summed E-state index contributed by atoms with van der Waals surface area (Å²) >= 11 is 0. The number of hydrogen-bond acceptors (Lipinski definition) is 3. The maximum atomic E-state index is 12.8. The van der Waals surface area contributed by atoms with Gasteiger partial charge in [0.15, 0.2) is 0 Å². The van der Waals surface area contributed by atoms with Crippen molar-refractivity contribution >= 4 is 18.3 Å². The number of rotatable bonds is 6. The van der Waals surface area contributed by atoms with Gasteiger partial charge in [-0.05, 0) is 31.7 Å². The quantitative estimate of drug-likeness (QED) is 0.838. The van der Waals surface area contributed by atoms with Gasteiger partial charge < -0.3 is 15.4 Å². The summed E-state index contributed by atoms with van der Waals surface area (Å²) in [4.78, 5) is 11.5. The molecule has 0 fully saturated rings. The highest BCUT2D eigenvalue weighted by atomic mass is 35.5. The highest BCUT2D eigenvalue weighted by Gasteiger charge is 2.20. The lowest BCUT2D eigenvalue weighted by molar-refractivity contribution is -0.121. The standard InChI is InChI=1S/C13H19FN2O2.ClH/c1-9(16-12(17)8-15-2)13(18-3)10-4-6-11(14)7-5-10;/h4-7,9,13,15H,8H2,1-3H3,(H,16,17);1H. The molecule has 0 radical (unpaired) electrons. The van der Waals surface area contributed by atoms with Crippen LogP contribution in [0.3, 0.4) is 0 Å². The van der Waals surface area contributed by atoms with Gasteiger partial charge in [0.2, 0.25) is 5.91 Å². The molecule has 0 saturated carbocycles. The molecule has 19 heavy (non-hydrogen) atoms. The molecule has 0 aliphatic heterocycles. The third kappa shape index (κ3) is 5.55. The zero-order chi connectivity index (χ0) is 13.5. The first kappa shape index (κ1) is 17.8. The molecule has 0 aliphatic rings. The molecule has 2 N–H and O–H groups in total. The van der Waals surface area contributed by atoms with E-state index in [4.69, 9.17) is 4.74 Å². The monoisotopic (exact) mass is 290 g/mol. The van der Waals surface area contributed by atoms with E-state index in [1.54, 1.807) is 26.3 Å². The summed E-state index contributed by atoms with van der Waals surface area (Å²) in [5.41, 5.74) is 0.830. The predicted molar refractivity (Wildman–Crippen MR) is 74.9 cm³/mol. The lowest BCUT2D eigenvalue weighted by Crippen LogP contribution is -2.41. The van der Waals surface area contributed by atoms with Crippen LogP contribution in [0.4, 0.5) is 4.39 Å². The maximum absolute atomic E-state index is 12.8. The zero-order valence-electron chi connectivity index (χ0n) is 11.3. The molecule has 2 unspecified atom stereocenters. The molecular weight excluding hydrogens is 271 g/mol. The number of carbonyl (C=O) groups is 1. The number of nitrogens with one attached hydrogen (secondary N) is 2. The Kier molecular flexibility index (Phi) is 8.30. The molecule has 1 rings (SSSR count). The minimum absolute atomic E-state index is 0. The van der Waals surface area contributed by atoms with Crippen LogP contribution in [-0.2, 0) is 9.53 Å². The second kappa shape index (κ2) is 8.85. The number of hydrogen-bond donors (Lipinski definition) is 2. The summed E-state index contributed by atoms with van der Waals surface area (Å²) in [7, 11) is 3.27. The Labute approximate surface area is 119 Å². The number of likely N-dealkylation sites (N-methyl/N-ethyl adjacent to an activating group) is 1. The van der Waals surface area contributed by atoms with E-state index in [2.05, 4.69) is 10.6 Å². The lowest BCUT2D eigenvalue weighted by atomic mass is 10.0. The normalized spacial score (nSPS) is 13.3. The van der Waals surface area contributed by atoms with Gasteiger partial charge in [0, 0.05) is 7.11 Å². The SMILES string of the molecule is CNCC(=O)NC(C)C(OC)c1ccc(F)cc1.Cl. The van der Waals surface area contributed by atoms with E-state index in [9.17, 15) is 9.18 Å². The fourth-order valence-electron chi connectivity index (χ4n) is 1.82. The first-order valence-electron chi connectivity index (χ1n) is 5.80. The molecule has 108 valence electrons. The first-order chi connectivity index (χ1) is 8.58. The summed E-state index contributed by atoms with van der Waals surface area (Å²) in [6.45, 7) is 2.11. The van der Waals surface area contributed by atoms with Crippen LogP contribution in [0.1, 0.15) is 18.6 Å². The van der Waals surface area contributed by atoms with Crippen LogP contribution < -0.4 is 10.6 Å². The average molecular weight is 291 g/mol. The minimum atomic E-state index is -0.300. The molecule has 0 aromatic heterocycles. The molecule has 0 heterocycles. The summed E-state index contributed by atoms with van der Waals surface area (Å²) in [6, 6.07) is 5.88. The number of carbonyl (C=O) groups excluding carboxylic acids is 1. The summed E-state index contributed by atoms with van der Waals surface area (Å²) in [5, 5.41) is 5.60. The van der Waals surface area contributed by atoms with Gasteiger partial charge in [-0.3, -0.25) is 4.79 Å². The Bertz CT molecular complexity index is 387. The van der Waals surface area contributed by atoms with Crippen LogP contribution in [-0.4, -0.2) is 32.7 Å². The van der Waals surface area contributed by atoms with E-state index in [0.29, 0.717) is 0 Å². The average Bonchev–Trinajstić information content (AvgIpc) is 2.32. The number of methoxy groups -OCH3 is 1. The molecule has 0 aliphatic carbocycles. The molecule has 1 aromatic carbocycles. The fourth-order valence-corrected chi connectivity index (χ4v) is 1.82. The Hall–Kier alpha value is -1.17. The first-order valence-corrected chi connectivity index (χ1v) is 5.80. The zero-order valence-corrected chi connectivity index (χ0v) is 12.1. The van der Waals surface area contributed by atoms with Gasteiger partial charge in [-0.15, -0.1) is 12.4 Å². The second-order valence-electron chi connectivity index (χ2n) is 4.09. The third-order valence-electron chi connectivity index (χ3n) is 2.63. The van der Waals surface area contributed by atoms with Crippen LogP contribution in [0.2, 0.25) is 0 Å². The molecule has 0 bridgehead atoms.